The minimum Gasteiger partial charge on any atom is -0.460 e. The number of anilines is 1. The molecule has 0 unspecified atom stereocenters. The molecule has 0 atom stereocenters. The molecule has 7 heteroatoms. The van der Waals surface area contributed by atoms with Crippen LogP contribution in [0.15, 0.2) is 30.6 Å². The van der Waals surface area contributed by atoms with Crippen molar-refractivity contribution in [2.24, 2.45) is 0 Å². The maximum atomic E-state index is 13.4. The Hall–Kier alpha value is -2.44. The molecule has 0 spiro atoms. The average Bonchev–Trinajstić information content (AvgIpc) is 2.86. The summed E-state index contributed by atoms with van der Waals surface area (Å²) >= 11 is 0. The summed E-state index contributed by atoms with van der Waals surface area (Å²) in [6, 6.07) is 3.19. The van der Waals surface area contributed by atoms with Gasteiger partial charge in [-0.3, -0.25) is 4.68 Å². The van der Waals surface area contributed by atoms with Crippen molar-refractivity contribution in [3.8, 4) is 0 Å². The van der Waals surface area contributed by atoms with Gasteiger partial charge in [0.1, 0.15) is 18.2 Å². The quantitative estimate of drug-likeness (QED) is 0.674. The van der Waals surface area contributed by atoms with E-state index in [1.165, 1.54) is 0 Å². The van der Waals surface area contributed by atoms with Crippen LogP contribution in [-0.4, -0.2) is 22.4 Å². The Balaban J connectivity index is 1.98. The fraction of sp³-hybridized carbons (Fsp3) is 0.167. The van der Waals surface area contributed by atoms with Crippen molar-refractivity contribution in [1.82, 2.24) is 9.78 Å². The molecule has 2 N–H and O–H groups in total. The number of hydrogen-bond acceptors (Lipinski definition) is 4. The van der Waals surface area contributed by atoms with Crippen LogP contribution in [0.1, 0.15) is 10.4 Å². The van der Waals surface area contributed by atoms with E-state index < -0.39 is 23.2 Å². The first kappa shape index (κ1) is 13.0. The molecule has 0 saturated heterocycles. The smallest absolute Gasteiger partial charge is 0.341 e. The van der Waals surface area contributed by atoms with Gasteiger partial charge in [-0.15, -0.1) is 0 Å². The normalized spacial score (nSPS) is 10.4. The number of nitrogen functional groups attached to an aromatic ring is 1. The lowest BCUT2D eigenvalue weighted by atomic mass is 10.2. The van der Waals surface area contributed by atoms with Gasteiger partial charge in [0.25, 0.3) is 0 Å². The molecular weight excluding hydrogens is 256 g/mol. The van der Waals surface area contributed by atoms with Crippen molar-refractivity contribution < 1.29 is 18.3 Å². The van der Waals surface area contributed by atoms with Crippen molar-refractivity contribution in [3.63, 3.8) is 0 Å². The molecule has 0 fully saturated rings. The summed E-state index contributed by atoms with van der Waals surface area (Å²) in [5.41, 5.74) is 4.34. The number of ether oxygens (including phenoxy) is 1. The van der Waals surface area contributed by atoms with Gasteiger partial charge in [-0.05, 0) is 12.1 Å². The molecule has 0 bridgehead atoms. The predicted octanol–water partition coefficient (Wildman–Crippen LogP) is 1.60. The molecule has 1 aromatic heterocycles. The van der Waals surface area contributed by atoms with Crippen molar-refractivity contribution in [2.75, 3.05) is 12.3 Å². The van der Waals surface area contributed by atoms with Gasteiger partial charge in [0.15, 0.2) is 0 Å². The van der Waals surface area contributed by atoms with Gasteiger partial charge in [-0.1, -0.05) is 0 Å². The number of carbonyl (C=O) groups is 1. The van der Waals surface area contributed by atoms with E-state index in [9.17, 15) is 13.6 Å². The maximum Gasteiger partial charge on any atom is 0.341 e. The number of nitrogens with zero attached hydrogens (tertiary/aromatic N) is 2. The van der Waals surface area contributed by atoms with E-state index in [-0.39, 0.29) is 12.3 Å². The van der Waals surface area contributed by atoms with Gasteiger partial charge >= 0.3 is 5.97 Å². The van der Waals surface area contributed by atoms with Gasteiger partial charge in [-0.25, -0.2) is 13.6 Å². The zero-order valence-electron chi connectivity index (χ0n) is 9.85. The first-order valence-electron chi connectivity index (χ1n) is 5.47. The number of benzene rings is 1. The summed E-state index contributed by atoms with van der Waals surface area (Å²) in [6.45, 7) is 0.337. The minimum atomic E-state index is -0.941. The lowest BCUT2D eigenvalue weighted by Crippen LogP contribution is -2.13. The number of rotatable bonds is 4. The number of nitrogens with two attached hydrogens (primary N) is 1. The van der Waals surface area contributed by atoms with Crippen LogP contribution in [0.5, 0.6) is 0 Å². The molecule has 0 saturated carbocycles. The third kappa shape index (κ3) is 3.06. The van der Waals surface area contributed by atoms with Crippen LogP contribution in [0, 0.1) is 11.6 Å². The second-order valence-corrected chi connectivity index (χ2v) is 3.76. The molecule has 2 aromatic rings. The molecule has 0 aliphatic carbocycles. The topological polar surface area (TPSA) is 70.1 Å². The Morgan fingerprint density at radius 3 is 2.84 bits per heavy atom. The summed E-state index contributed by atoms with van der Waals surface area (Å²) in [5.74, 6) is -2.72. The summed E-state index contributed by atoms with van der Waals surface area (Å²) in [4.78, 5) is 11.6. The highest BCUT2D eigenvalue weighted by molar-refractivity contribution is 5.90. The van der Waals surface area contributed by atoms with Gasteiger partial charge in [0.2, 0.25) is 0 Å². The Morgan fingerprint density at radius 1 is 1.37 bits per heavy atom. The third-order valence-corrected chi connectivity index (χ3v) is 2.42. The highest BCUT2D eigenvalue weighted by Crippen LogP contribution is 2.17. The molecule has 1 heterocycles. The van der Waals surface area contributed by atoms with Gasteiger partial charge < -0.3 is 10.5 Å². The predicted molar refractivity (Wildman–Crippen MR) is 63.3 cm³/mol. The SMILES string of the molecule is Nc1cc(F)c(C(=O)OCCn2cccn2)cc1F. The van der Waals surface area contributed by atoms with Crippen LogP contribution in [0.4, 0.5) is 14.5 Å². The van der Waals surface area contributed by atoms with Crippen LogP contribution in [0.3, 0.4) is 0 Å². The average molecular weight is 267 g/mol. The summed E-state index contributed by atoms with van der Waals surface area (Å²) in [7, 11) is 0. The Bertz CT molecular complexity index is 585. The first-order chi connectivity index (χ1) is 9.08. The summed E-state index contributed by atoms with van der Waals surface area (Å²) < 4.78 is 32.9. The molecule has 0 aliphatic heterocycles. The second kappa shape index (κ2) is 5.47. The van der Waals surface area contributed by atoms with E-state index in [1.54, 1.807) is 23.1 Å². The standard InChI is InChI=1S/C12H11F2N3O2/c13-9-7-11(15)10(14)6-8(9)12(18)19-5-4-17-3-1-2-16-17/h1-3,6-7H,4-5,15H2. The van der Waals surface area contributed by atoms with E-state index in [2.05, 4.69) is 5.10 Å². The van der Waals surface area contributed by atoms with E-state index >= 15 is 0 Å². The van der Waals surface area contributed by atoms with Crippen LogP contribution in [-0.2, 0) is 11.3 Å². The third-order valence-electron chi connectivity index (χ3n) is 2.42. The van der Waals surface area contributed by atoms with Gasteiger partial charge in [-0.2, -0.15) is 5.10 Å². The largest absolute Gasteiger partial charge is 0.460 e. The van der Waals surface area contributed by atoms with Crippen molar-refractivity contribution in [1.29, 1.82) is 0 Å². The molecule has 0 aliphatic rings. The number of hydrogen-bond donors (Lipinski definition) is 1. The molecular formula is C12H11F2N3O2. The minimum absolute atomic E-state index is 0.00590. The second-order valence-electron chi connectivity index (χ2n) is 3.76. The van der Waals surface area contributed by atoms with E-state index in [4.69, 9.17) is 10.5 Å². The molecule has 0 radical (unpaired) electrons. The molecule has 100 valence electrons. The Morgan fingerprint density at radius 2 is 2.16 bits per heavy atom. The number of halogens is 2. The van der Waals surface area contributed by atoms with E-state index in [1.807, 2.05) is 0 Å². The molecule has 2 rings (SSSR count). The maximum absolute atomic E-state index is 13.4. The zero-order chi connectivity index (χ0) is 13.8. The Labute approximate surface area is 107 Å². The number of carbonyl (C=O) groups excluding carboxylic acids is 1. The van der Waals surface area contributed by atoms with Crippen LogP contribution < -0.4 is 5.73 Å². The number of aromatic nitrogens is 2. The van der Waals surface area contributed by atoms with Crippen LogP contribution in [0.25, 0.3) is 0 Å². The zero-order valence-corrected chi connectivity index (χ0v) is 9.85. The van der Waals surface area contributed by atoms with E-state index in [0.717, 1.165) is 12.1 Å². The van der Waals surface area contributed by atoms with Crippen molar-refractivity contribution in [3.05, 3.63) is 47.8 Å². The Kier molecular flexibility index (Phi) is 3.74. The monoisotopic (exact) mass is 267 g/mol. The van der Waals surface area contributed by atoms with Crippen molar-refractivity contribution in [2.45, 2.75) is 6.54 Å². The van der Waals surface area contributed by atoms with Gasteiger partial charge in [0.05, 0.1) is 17.8 Å². The molecule has 19 heavy (non-hydrogen) atoms. The molecule has 1 aromatic carbocycles. The fourth-order valence-corrected chi connectivity index (χ4v) is 1.46. The number of esters is 1. The van der Waals surface area contributed by atoms with E-state index in [0.29, 0.717) is 6.54 Å². The lowest BCUT2D eigenvalue weighted by molar-refractivity contribution is 0.0482. The first-order valence-corrected chi connectivity index (χ1v) is 5.47. The van der Waals surface area contributed by atoms with Crippen molar-refractivity contribution >= 4 is 11.7 Å². The van der Waals surface area contributed by atoms with Crippen LogP contribution in [0.2, 0.25) is 0 Å². The highest BCUT2D eigenvalue weighted by atomic mass is 19.1. The summed E-state index contributed by atoms with van der Waals surface area (Å²) in [6.07, 6.45) is 3.27. The highest BCUT2D eigenvalue weighted by Gasteiger charge is 2.16. The fourth-order valence-electron chi connectivity index (χ4n) is 1.46. The van der Waals surface area contributed by atoms with Gasteiger partial charge in [0, 0.05) is 18.5 Å². The lowest BCUT2D eigenvalue weighted by Gasteiger charge is -2.07. The summed E-state index contributed by atoms with van der Waals surface area (Å²) in [5, 5.41) is 3.90. The molecule has 0 amide bonds. The van der Waals surface area contributed by atoms with Crippen LogP contribution >= 0.6 is 0 Å². The molecule has 5 nitrogen and oxygen atoms in total.